The van der Waals surface area contributed by atoms with Gasteiger partial charge < -0.3 is 17.5 Å². The predicted molar refractivity (Wildman–Crippen MR) is 62.6 cm³/mol. The summed E-state index contributed by atoms with van der Waals surface area (Å²) in [4.78, 5) is 11.4. The second-order valence-electron chi connectivity index (χ2n) is 4.79. The highest BCUT2D eigenvalue weighted by Crippen LogP contribution is 2.45. The SMILES string of the molecule is O=C(CCC[n+]1ccccc1)CC(O)(C(F)(F)F)C(F)(F)F.[Cl-]. The molecule has 0 fully saturated rings. The third kappa shape index (κ3) is 5.65. The average molecular weight is 366 g/mol. The Morgan fingerprint density at radius 3 is 1.87 bits per heavy atom. The van der Waals surface area contributed by atoms with Crippen LogP contribution in [-0.4, -0.2) is 28.8 Å². The average Bonchev–Trinajstić information content (AvgIpc) is 2.37. The van der Waals surface area contributed by atoms with Crippen molar-refractivity contribution in [1.82, 2.24) is 0 Å². The zero-order chi connectivity index (χ0) is 17.0. The van der Waals surface area contributed by atoms with E-state index < -0.39 is 36.6 Å². The number of aryl methyl sites for hydroxylation is 1. The van der Waals surface area contributed by atoms with Crippen molar-refractivity contribution in [3.63, 3.8) is 0 Å². The fraction of sp³-hybridized carbons (Fsp3) is 0.538. The van der Waals surface area contributed by atoms with Crippen LogP contribution in [0.4, 0.5) is 26.3 Å². The van der Waals surface area contributed by atoms with E-state index in [0.717, 1.165) is 0 Å². The molecule has 132 valence electrons. The Kier molecular flexibility index (Phi) is 7.49. The van der Waals surface area contributed by atoms with E-state index >= 15 is 0 Å². The van der Waals surface area contributed by atoms with Gasteiger partial charge in [-0.05, 0) is 0 Å². The summed E-state index contributed by atoms with van der Waals surface area (Å²) in [6, 6.07) is 5.11. The van der Waals surface area contributed by atoms with Crippen LogP contribution in [-0.2, 0) is 11.3 Å². The fourth-order valence-electron chi connectivity index (χ4n) is 1.78. The van der Waals surface area contributed by atoms with Crippen molar-refractivity contribution in [2.24, 2.45) is 0 Å². The van der Waals surface area contributed by atoms with Crippen LogP contribution >= 0.6 is 0 Å². The molecule has 0 bridgehead atoms. The maximum Gasteiger partial charge on any atom is 0.426 e. The molecule has 0 amide bonds. The van der Waals surface area contributed by atoms with E-state index in [2.05, 4.69) is 0 Å². The molecule has 3 nitrogen and oxygen atoms in total. The molecule has 0 spiro atoms. The third-order valence-electron chi connectivity index (χ3n) is 3.04. The lowest BCUT2D eigenvalue weighted by atomic mass is 9.93. The zero-order valence-electron chi connectivity index (χ0n) is 11.7. The van der Waals surface area contributed by atoms with Crippen LogP contribution in [0.2, 0.25) is 0 Å². The summed E-state index contributed by atoms with van der Waals surface area (Å²) < 4.78 is 76.2. The number of aliphatic hydroxyl groups is 1. The third-order valence-corrected chi connectivity index (χ3v) is 3.04. The summed E-state index contributed by atoms with van der Waals surface area (Å²) in [5.41, 5.74) is -5.00. The minimum atomic E-state index is -5.96. The molecule has 0 saturated heterocycles. The molecule has 1 aromatic rings. The van der Waals surface area contributed by atoms with Crippen LogP contribution < -0.4 is 17.0 Å². The van der Waals surface area contributed by atoms with E-state index in [4.69, 9.17) is 5.11 Å². The summed E-state index contributed by atoms with van der Waals surface area (Å²) in [6.07, 6.45) is -11.1. The van der Waals surface area contributed by atoms with Gasteiger partial charge in [0.1, 0.15) is 12.3 Å². The van der Waals surface area contributed by atoms with Crippen molar-refractivity contribution in [1.29, 1.82) is 0 Å². The zero-order valence-corrected chi connectivity index (χ0v) is 12.4. The van der Waals surface area contributed by atoms with E-state index in [1.165, 1.54) is 0 Å². The molecule has 23 heavy (non-hydrogen) atoms. The highest BCUT2D eigenvalue weighted by Gasteiger charge is 2.70. The van der Waals surface area contributed by atoms with Gasteiger partial charge in [-0.25, -0.2) is 4.57 Å². The number of carbonyl (C=O) groups is 1. The Labute approximate surface area is 134 Å². The number of Topliss-reactive ketones (excluding diaryl/α,β-unsaturated/α-hetero) is 1. The van der Waals surface area contributed by atoms with Gasteiger partial charge in [-0.15, -0.1) is 0 Å². The molecule has 10 heteroatoms. The summed E-state index contributed by atoms with van der Waals surface area (Å²) in [7, 11) is 0. The van der Waals surface area contributed by atoms with Crippen LogP contribution in [0.1, 0.15) is 19.3 Å². The van der Waals surface area contributed by atoms with E-state index in [1.807, 2.05) is 0 Å². The van der Waals surface area contributed by atoms with Gasteiger partial charge in [0.25, 0.3) is 5.60 Å². The first-order valence-electron chi connectivity index (χ1n) is 6.29. The summed E-state index contributed by atoms with van der Waals surface area (Å²) in [6.45, 7) is 0.267. The predicted octanol–water partition coefficient (Wildman–Crippen LogP) is -0.427. The second-order valence-corrected chi connectivity index (χ2v) is 4.79. The van der Waals surface area contributed by atoms with Gasteiger partial charge in [-0.2, -0.15) is 26.3 Å². The maximum atomic E-state index is 12.4. The molecule has 0 atom stereocenters. The van der Waals surface area contributed by atoms with Crippen molar-refractivity contribution < 1.29 is 53.2 Å². The number of hydrogen-bond donors (Lipinski definition) is 1. The lowest BCUT2D eigenvalue weighted by Gasteiger charge is -2.31. The Hall–Kier alpha value is -1.35. The Balaban J connectivity index is 0.00000484. The minimum Gasteiger partial charge on any atom is -1.00 e. The molecule has 0 aliphatic carbocycles. The minimum absolute atomic E-state index is 0. The van der Waals surface area contributed by atoms with E-state index in [1.54, 1.807) is 35.2 Å². The smallest absolute Gasteiger partial charge is 0.426 e. The largest absolute Gasteiger partial charge is 1.00 e. The van der Waals surface area contributed by atoms with E-state index in [-0.39, 0.29) is 25.4 Å². The molecular weight excluding hydrogens is 352 g/mol. The van der Waals surface area contributed by atoms with Crippen LogP contribution in [0.3, 0.4) is 0 Å². The van der Waals surface area contributed by atoms with Crippen LogP contribution in [0.5, 0.6) is 0 Å². The van der Waals surface area contributed by atoms with Crippen molar-refractivity contribution in [3.8, 4) is 0 Å². The molecule has 0 unspecified atom stereocenters. The number of pyridine rings is 1. The van der Waals surface area contributed by atoms with Crippen molar-refractivity contribution in [3.05, 3.63) is 30.6 Å². The molecule has 0 aromatic carbocycles. The van der Waals surface area contributed by atoms with Gasteiger partial charge in [0.15, 0.2) is 12.4 Å². The molecule has 0 radical (unpaired) electrons. The summed E-state index contributed by atoms with van der Waals surface area (Å²) in [5.74, 6) is -1.30. The maximum absolute atomic E-state index is 12.4. The molecular formula is C13H14ClF6NO2. The van der Waals surface area contributed by atoms with Crippen molar-refractivity contribution >= 4 is 5.78 Å². The standard InChI is InChI=1S/C13H14F6NO2.ClH/c14-12(15,16)11(22,13(17,18)19)9-10(21)5-4-8-20-6-2-1-3-7-20;/h1-3,6-7,22H,4-5,8-9H2;1H/q+1;/p-1. The first-order chi connectivity index (χ1) is 9.97. The molecule has 1 aromatic heterocycles. The first-order valence-corrected chi connectivity index (χ1v) is 6.29. The fourth-order valence-corrected chi connectivity index (χ4v) is 1.78. The first kappa shape index (κ1) is 21.6. The van der Waals surface area contributed by atoms with Crippen molar-refractivity contribution in [2.75, 3.05) is 0 Å². The summed E-state index contributed by atoms with van der Waals surface area (Å²) in [5, 5.41) is 8.90. The Morgan fingerprint density at radius 2 is 1.43 bits per heavy atom. The molecule has 0 saturated carbocycles. The summed E-state index contributed by atoms with van der Waals surface area (Å²) >= 11 is 0. The number of ketones is 1. The Morgan fingerprint density at radius 1 is 0.957 bits per heavy atom. The lowest BCUT2D eigenvalue weighted by molar-refractivity contribution is -0.697. The molecule has 1 N–H and O–H groups in total. The highest BCUT2D eigenvalue weighted by molar-refractivity contribution is 5.79. The highest BCUT2D eigenvalue weighted by atomic mass is 35.5. The number of aromatic nitrogens is 1. The van der Waals surface area contributed by atoms with Crippen LogP contribution in [0.15, 0.2) is 30.6 Å². The molecule has 1 heterocycles. The van der Waals surface area contributed by atoms with Crippen molar-refractivity contribution in [2.45, 2.75) is 43.8 Å². The number of halogens is 7. The lowest BCUT2D eigenvalue weighted by Crippen LogP contribution is -3.00. The van der Waals surface area contributed by atoms with E-state index in [0.29, 0.717) is 0 Å². The Bertz CT molecular complexity index is 489. The van der Waals surface area contributed by atoms with Gasteiger partial charge in [0.2, 0.25) is 0 Å². The van der Waals surface area contributed by atoms with E-state index in [9.17, 15) is 31.1 Å². The number of rotatable bonds is 6. The van der Waals surface area contributed by atoms with Crippen LogP contribution in [0, 0.1) is 0 Å². The van der Waals surface area contributed by atoms with Gasteiger partial charge in [0, 0.05) is 25.0 Å². The molecule has 0 aliphatic heterocycles. The monoisotopic (exact) mass is 365 g/mol. The van der Waals surface area contributed by atoms with Gasteiger partial charge >= 0.3 is 12.4 Å². The number of hydrogen-bond acceptors (Lipinski definition) is 2. The van der Waals surface area contributed by atoms with Gasteiger partial charge in [0.05, 0.1) is 6.42 Å². The number of alkyl halides is 6. The molecule has 1 rings (SSSR count). The van der Waals surface area contributed by atoms with Crippen LogP contribution in [0.25, 0.3) is 0 Å². The quantitative estimate of drug-likeness (QED) is 0.549. The molecule has 0 aliphatic rings. The number of nitrogens with zero attached hydrogens (tertiary/aromatic N) is 1. The second kappa shape index (κ2) is 7.96. The van der Waals surface area contributed by atoms with Gasteiger partial charge in [-0.3, -0.25) is 4.79 Å². The topological polar surface area (TPSA) is 41.2 Å². The van der Waals surface area contributed by atoms with Gasteiger partial charge in [-0.1, -0.05) is 6.07 Å². The normalized spacial score (nSPS) is 12.7. The number of carbonyl (C=O) groups excluding carboxylic acids is 1.